The number of nitrogens with zero attached hydrogens (tertiary/aromatic N) is 1. The summed E-state index contributed by atoms with van der Waals surface area (Å²) in [5.41, 5.74) is 2.29. The maximum absolute atomic E-state index is 12.8. The summed E-state index contributed by atoms with van der Waals surface area (Å²) in [6.45, 7) is 6.83. The lowest BCUT2D eigenvalue weighted by Gasteiger charge is -2.37. The summed E-state index contributed by atoms with van der Waals surface area (Å²) in [5.74, 6) is 5.46. The van der Waals surface area contributed by atoms with Crippen molar-refractivity contribution in [2.75, 3.05) is 19.8 Å². The Labute approximate surface area is 125 Å². The van der Waals surface area contributed by atoms with Gasteiger partial charge in [0.15, 0.2) is 0 Å². The maximum atomic E-state index is 12.8. The van der Waals surface area contributed by atoms with E-state index in [-0.39, 0.29) is 24.7 Å². The lowest BCUT2D eigenvalue weighted by molar-refractivity contribution is -0.0387. The van der Waals surface area contributed by atoms with Gasteiger partial charge in [-0.1, -0.05) is 17.9 Å². The Bertz CT molecular complexity index is 585. The molecule has 21 heavy (non-hydrogen) atoms. The predicted octanol–water partition coefficient (Wildman–Crippen LogP) is 1.59. The fourth-order valence-electron chi connectivity index (χ4n) is 2.42. The Morgan fingerprint density at radius 3 is 2.95 bits per heavy atom. The molecule has 112 valence electrons. The first-order chi connectivity index (χ1) is 10.0. The van der Waals surface area contributed by atoms with Gasteiger partial charge in [-0.15, -0.1) is 0 Å². The van der Waals surface area contributed by atoms with Crippen LogP contribution in [0.2, 0.25) is 0 Å². The van der Waals surface area contributed by atoms with Crippen LogP contribution in [0.1, 0.15) is 35.3 Å². The van der Waals surface area contributed by atoms with Crippen molar-refractivity contribution in [3.8, 4) is 11.8 Å². The number of aliphatic hydroxyl groups excluding tert-OH is 1. The van der Waals surface area contributed by atoms with E-state index in [4.69, 9.17) is 9.84 Å². The third kappa shape index (κ3) is 3.63. The first kappa shape index (κ1) is 15.6. The molecule has 1 amide bonds. The molecule has 2 rings (SSSR count). The van der Waals surface area contributed by atoms with Crippen molar-refractivity contribution in [2.45, 2.75) is 32.9 Å². The maximum Gasteiger partial charge on any atom is 0.255 e. The first-order valence-electron chi connectivity index (χ1n) is 7.16. The Kier molecular flexibility index (Phi) is 5.00. The van der Waals surface area contributed by atoms with Crippen LogP contribution in [0.25, 0.3) is 0 Å². The molecular formula is C17H21NO3. The Morgan fingerprint density at radius 2 is 2.24 bits per heavy atom. The van der Waals surface area contributed by atoms with Crippen molar-refractivity contribution in [2.24, 2.45) is 0 Å². The summed E-state index contributed by atoms with van der Waals surface area (Å²) in [6.07, 6.45) is 0.0441. The Morgan fingerprint density at radius 1 is 1.48 bits per heavy atom. The summed E-state index contributed by atoms with van der Waals surface area (Å²) in [6, 6.07) is 5.65. The number of ether oxygens (including phenoxy) is 1. The molecule has 1 aromatic carbocycles. The number of hydrogen-bond donors (Lipinski definition) is 1. The standard InChI is InChI=1S/C17H21NO3/c1-12-6-7-16(15(9-12)5-4-8-19)17(20)18-10-14(3)21-11-13(18)2/h6-7,9,13-14,19H,8,10-11H2,1-3H3. The quantitative estimate of drug-likeness (QED) is 0.798. The molecule has 0 saturated carbocycles. The lowest BCUT2D eigenvalue weighted by Crippen LogP contribution is -2.50. The van der Waals surface area contributed by atoms with E-state index in [9.17, 15) is 4.79 Å². The van der Waals surface area contributed by atoms with Gasteiger partial charge in [-0.3, -0.25) is 4.79 Å². The van der Waals surface area contributed by atoms with Crippen LogP contribution in [-0.4, -0.2) is 47.8 Å². The number of amides is 1. The highest BCUT2D eigenvalue weighted by Gasteiger charge is 2.29. The highest BCUT2D eigenvalue weighted by molar-refractivity contribution is 5.97. The van der Waals surface area contributed by atoms with E-state index >= 15 is 0 Å². The minimum Gasteiger partial charge on any atom is -0.384 e. The average molecular weight is 287 g/mol. The molecule has 0 aliphatic carbocycles. The van der Waals surface area contributed by atoms with E-state index in [1.807, 2.05) is 43.9 Å². The van der Waals surface area contributed by atoms with Crippen molar-refractivity contribution in [3.63, 3.8) is 0 Å². The average Bonchev–Trinajstić information content (AvgIpc) is 2.47. The summed E-state index contributed by atoms with van der Waals surface area (Å²) < 4.78 is 5.57. The molecule has 1 N–H and O–H groups in total. The van der Waals surface area contributed by atoms with Gasteiger partial charge in [-0.25, -0.2) is 0 Å². The van der Waals surface area contributed by atoms with Gasteiger partial charge in [0.25, 0.3) is 5.91 Å². The fourth-order valence-corrected chi connectivity index (χ4v) is 2.42. The van der Waals surface area contributed by atoms with E-state index in [0.29, 0.717) is 24.3 Å². The molecule has 1 heterocycles. The third-order valence-electron chi connectivity index (χ3n) is 3.58. The van der Waals surface area contributed by atoms with Crippen LogP contribution >= 0.6 is 0 Å². The van der Waals surface area contributed by atoms with E-state index < -0.39 is 0 Å². The van der Waals surface area contributed by atoms with Crippen molar-refractivity contribution >= 4 is 5.91 Å². The van der Waals surface area contributed by atoms with E-state index in [1.54, 1.807) is 0 Å². The SMILES string of the molecule is Cc1ccc(C(=O)N2CC(C)OCC2C)c(C#CCO)c1. The van der Waals surface area contributed by atoms with E-state index in [1.165, 1.54) is 0 Å². The number of carbonyl (C=O) groups is 1. The van der Waals surface area contributed by atoms with Crippen molar-refractivity contribution in [1.82, 2.24) is 4.90 Å². The van der Waals surface area contributed by atoms with Gasteiger partial charge in [-0.05, 0) is 38.5 Å². The summed E-state index contributed by atoms with van der Waals surface area (Å²) in [7, 11) is 0. The van der Waals surface area contributed by atoms with Crippen LogP contribution in [0.5, 0.6) is 0 Å². The smallest absolute Gasteiger partial charge is 0.255 e. The monoisotopic (exact) mass is 287 g/mol. The van der Waals surface area contributed by atoms with Gasteiger partial charge in [0, 0.05) is 12.1 Å². The van der Waals surface area contributed by atoms with Crippen molar-refractivity contribution < 1.29 is 14.6 Å². The number of rotatable bonds is 1. The first-order valence-corrected chi connectivity index (χ1v) is 7.16. The highest BCUT2D eigenvalue weighted by Crippen LogP contribution is 2.18. The second kappa shape index (κ2) is 6.75. The van der Waals surface area contributed by atoms with Crippen LogP contribution in [0.3, 0.4) is 0 Å². The second-order valence-corrected chi connectivity index (χ2v) is 5.46. The summed E-state index contributed by atoms with van der Waals surface area (Å²) in [4.78, 5) is 14.6. The molecule has 4 heteroatoms. The van der Waals surface area contributed by atoms with Gasteiger partial charge in [0.1, 0.15) is 6.61 Å². The van der Waals surface area contributed by atoms with Gasteiger partial charge in [0.05, 0.1) is 24.3 Å². The molecule has 1 fully saturated rings. The zero-order valence-electron chi connectivity index (χ0n) is 12.7. The topological polar surface area (TPSA) is 49.8 Å². The number of carbonyl (C=O) groups excluding carboxylic acids is 1. The minimum atomic E-state index is -0.216. The molecule has 1 aliphatic rings. The zero-order chi connectivity index (χ0) is 15.4. The predicted molar refractivity (Wildman–Crippen MR) is 81.1 cm³/mol. The molecule has 0 radical (unpaired) electrons. The third-order valence-corrected chi connectivity index (χ3v) is 3.58. The number of morpholine rings is 1. The molecule has 0 aromatic heterocycles. The van der Waals surface area contributed by atoms with Gasteiger partial charge in [0.2, 0.25) is 0 Å². The van der Waals surface area contributed by atoms with E-state index in [2.05, 4.69) is 11.8 Å². The number of benzene rings is 1. The molecule has 2 unspecified atom stereocenters. The van der Waals surface area contributed by atoms with Gasteiger partial charge in [-0.2, -0.15) is 0 Å². The molecule has 0 bridgehead atoms. The molecule has 0 spiro atoms. The molecule has 2 atom stereocenters. The molecular weight excluding hydrogens is 266 g/mol. The molecule has 1 saturated heterocycles. The van der Waals surface area contributed by atoms with Crippen LogP contribution in [0.4, 0.5) is 0 Å². The largest absolute Gasteiger partial charge is 0.384 e. The second-order valence-electron chi connectivity index (χ2n) is 5.46. The number of aliphatic hydroxyl groups is 1. The van der Waals surface area contributed by atoms with Crippen LogP contribution in [0.15, 0.2) is 18.2 Å². The normalized spacial score (nSPS) is 21.6. The Hall–Kier alpha value is -1.83. The number of aryl methyl sites for hydroxylation is 1. The van der Waals surface area contributed by atoms with Crippen LogP contribution in [0, 0.1) is 18.8 Å². The van der Waals surface area contributed by atoms with Crippen molar-refractivity contribution in [3.05, 3.63) is 34.9 Å². The number of hydrogen-bond acceptors (Lipinski definition) is 3. The lowest BCUT2D eigenvalue weighted by atomic mass is 10.0. The summed E-state index contributed by atoms with van der Waals surface area (Å²) in [5, 5.41) is 8.87. The van der Waals surface area contributed by atoms with Crippen molar-refractivity contribution in [1.29, 1.82) is 0 Å². The highest BCUT2D eigenvalue weighted by atomic mass is 16.5. The van der Waals surface area contributed by atoms with Crippen LogP contribution in [-0.2, 0) is 4.74 Å². The minimum absolute atomic E-state index is 0.0279. The molecule has 1 aliphatic heterocycles. The molecule has 1 aromatic rings. The Balaban J connectivity index is 2.34. The fraction of sp³-hybridized carbons (Fsp3) is 0.471. The molecule has 4 nitrogen and oxygen atoms in total. The summed E-state index contributed by atoms with van der Waals surface area (Å²) >= 11 is 0. The van der Waals surface area contributed by atoms with Gasteiger partial charge < -0.3 is 14.7 Å². The van der Waals surface area contributed by atoms with Gasteiger partial charge >= 0.3 is 0 Å². The zero-order valence-corrected chi connectivity index (χ0v) is 12.7. The van der Waals surface area contributed by atoms with Crippen LogP contribution < -0.4 is 0 Å². The van der Waals surface area contributed by atoms with E-state index in [0.717, 1.165) is 5.56 Å².